The Bertz CT molecular complexity index is 529. The van der Waals surface area contributed by atoms with Crippen LogP contribution in [0.25, 0.3) is 0 Å². The Labute approximate surface area is 103 Å². The van der Waals surface area contributed by atoms with E-state index < -0.39 is 0 Å². The molecule has 0 radical (unpaired) electrons. The lowest BCUT2D eigenvalue weighted by Gasteiger charge is -2.05. The second-order valence-corrected chi connectivity index (χ2v) is 3.64. The molecule has 6 heteroatoms. The summed E-state index contributed by atoms with van der Waals surface area (Å²) in [5, 5.41) is 11.8. The second-order valence-electron chi connectivity index (χ2n) is 3.20. The Balaban J connectivity index is 2.00. The van der Waals surface area contributed by atoms with E-state index in [-0.39, 0.29) is 6.61 Å². The van der Waals surface area contributed by atoms with E-state index in [1.54, 1.807) is 24.3 Å². The van der Waals surface area contributed by atoms with Crippen molar-refractivity contribution in [1.29, 1.82) is 0 Å². The topological polar surface area (TPSA) is 52.8 Å². The first-order chi connectivity index (χ1) is 8.29. The van der Waals surface area contributed by atoms with Crippen molar-refractivity contribution in [3.63, 3.8) is 0 Å². The van der Waals surface area contributed by atoms with Crippen molar-refractivity contribution in [1.82, 2.24) is 20.2 Å². The molecular weight excluding hydrogens is 240 g/mol. The van der Waals surface area contributed by atoms with Crippen LogP contribution in [0.5, 0.6) is 5.75 Å². The Morgan fingerprint density at radius 2 is 2.12 bits per heavy atom. The molecular formula is C11H9ClN4O. The van der Waals surface area contributed by atoms with Crippen LogP contribution in [0.4, 0.5) is 0 Å². The first-order valence-electron chi connectivity index (χ1n) is 4.86. The van der Waals surface area contributed by atoms with Gasteiger partial charge >= 0.3 is 0 Å². The van der Waals surface area contributed by atoms with Crippen molar-refractivity contribution in [2.45, 2.75) is 13.2 Å². The first kappa shape index (κ1) is 11.4. The van der Waals surface area contributed by atoms with Gasteiger partial charge in [-0.3, -0.25) is 0 Å². The number of rotatable bonds is 4. The van der Waals surface area contributed by atoms with Crippen molar-refractivity contribution in [3.05, 3.63) is 35.1 Å². The highest BCUT2D eigenvalue weighted by Crippen LogP contribution is 2.16. The van der Waals surface area contributed by atoms with Crippen LogP contribution in [-0.2, 0) is 13.2 Å². The van der Waals surface area contributed by atoms with Gasteiger partial charge in [0.25, 0.3) is 0 Å². The molecule has 0 aliphatic heterocycles. The molecule has 0 spiro atoms. The van der Waals surface area contributed by atoms with Crippen molar-refractivity contribution in [3.8, 4) is 18.1 Å². The summed E-state index contributed by atoms with van der Waals surface area (Å²) in [6.45, 7) is 0.586. The second kappa shape index (κ2) is 5.32. The number of hydrogen-bond acceptors (Lipinski definition) is 4. The minimum absolute atomic E-state index is 0.260. The molecule has 0 saturated heterocycles. The van der Waals surface area contributed by atoms with E-state index in [0.29, 0.717) is 23.1 Å². The fourth-order valence-electron chi connectivity index (χ4n) is 1.21. The molecule has 2 rings (SSSR count). The average Bonchev–Trinajstić information content (AvgIpc) is 2.77. The van der Waals surface area contributed by atoms with E-state index in [9.17, 15) is 0 Å². The smallest absolute Gasteiger partial charge is 0.190 e. The number of benzene rings is 1. The first-order valence-corrected chi connectivity index (χ1v) is 5.24. The molecule has 0 atom stereocenters. The van der Waals surface area contributed by atoms with Gasteiger partial charge in [0.15, 0.2) is 5.82 Å². The van der Waals surface area contributed by atoms with Crippen LogP contribution >= 0.6 is 11.6 Å². The monoisotopic (exact) mass is 248 g/mol. The van der Waals surface area contributed by atoms with Crippen LogP contribution in [0.15, 0.2) is 24.3 Å². The molecule has 0 aliphatic carbocycles. The van der Waals surface area contributed by atoms with Gasteiger partial charge < -0.3 is 4.74 Å². The molecule has 0 unspecified atom stereocenters. The summed E-state index contributed by atoms with van der Waals surface area (Å²) in [6.07, 6.45) is 5.19. The van der Waals surface area contributed by atoms with Gasteiger partial charge in [-0.1, -0.05) is 17.5 Å². The van der Waals surface area contributed by atoms with Gasteiger partial charge in [0, 0.05) is 5.02 Å². The Hall–Kier alpha value is -2.06. The summed E-state index contributed by atoms with van der Waals surface area (Å²) in [7, 11) is 0. The Kier molecular flexibility index (Phi) is 3.58. The standard InChI is InChI=1S/C11H9ClN4O/c1-2-7-16-11(13-14-15-16)8-17-10-5-3-9(12)4-6-10/h1,3-6H,7-8H2. The van der Waals surface area contributed by atoms with E-state index in [4.69, 9.17) is 22.8 Å². The molecule has 1 aromatic carbocycles. The lowest BCUT2D eigenvalue weighted by atomic mass is 10.3. The normalized spacial score (nSPS) is 9.88. The van der Waals surface area contributed by atoms with Crippen molar-refractivity contribution in [2.24, 2.45) is 0 Å². The maximum absolute atomic E-state index is 5.76. The molecule has 1 heterocycles. The summed E-state index contributed by atoms with van der Waals surface area (Å²) in [6, 6.07) is 7.05. The largest absolute Gasteiger partial charge is 0.486 e. The van der Waals surface area contributed by atoms with Gasteiger partial charge in [0.1, 0.15) is 18.9 Å². The molecule has 0 saturated carbocycles. The molecule has 86 valence electrons. The molecule has 0 aliphatic rings. The highest BCUT2D eigenvalue weighted by atomic mass is 35.5. The van der Waals surface area contributed by atoms with Gasteiger partial charge in [-0.25, -0.2) is 4.68 Å². The van der Waals surface area contributed by atoms with E-state index in [2.05, 4.69) is 21.4 Å². The molecule has 0 bridgehead atoms. The predicted molar refractivity (Wildman–Crippen MR) is 62.4 cm³/mol. The number of ether oxygens (including phenoxy) is 1. The highest BCUT2D eigenvalue weighted by molar-refractivity contribution is 6.30. The van der Waals surface area contributed by atoms with Crippen LogP contribution in [0.2, 0.25) is 5.02 Å². The average molecular weight is 249 g/mol. The third-order valence-corrected chi connectivity index (χ3v) is 2.28. The van der Waals surface area contributed by atoms with Crippen molar-refractivity contribution in [2.75, 3.05) is 0 Å². The number of terminal acetylenes is 1. The molecule has 0 amide bonds. The van der Waals surface area contributed by atoms with E-state index in [1.165, 1.54) is 4.68 Å². The van der Waals surface area contributed by atoms with Crippen LogP contribution < -0.4 is 4.74 Å². The zero-order chi connectivity index (χ0) is 12.1. The zero-order valence-corrected chi connectivity index (χ0v) is 9.63. The van der Waals surface area contributed by atoms with Gasteiger partial charge in [-0.05, 0) is 34.7 Å². The molecule has 0 N–H and O–H groups in total. The van der Waals surface area contributed by atoms with Gasteiger partial charge in [-0.15, -0.1) is 11.5 Å². The lowest BCUT2D eigenvalue weighted by Crippen LogP contribution is -2.07. The van der Waals surface area contributed by atoms with Gasteiger partial charge in [0.2, 0.25) is 0 Å². The minimum Gasteiger partial charge on any atom is -0.486 e. The maximum Gasteiger partial charge on any atom is 0.190 e. The third kappa shape index (κ3) is 2.95. The Morgan fingerprint density at radius 3 is 2.82 bits per heavy atom. The molecule has 17 heavy (non-hydrogen) atoms. The minimum atomic E-state index is 0.260. The molecule has 5 nitrogen and oxygen atoms in total. The fraction of sp³-hybridized carbons (Fsp3) is 0.182. The van der Waals surface area contributed by atoms with E-state index in [1.807, 2.05) is 0 Å². The van der Waals surface area contributed by atoms with Gasteiger partial charge in [0.05, 0.1) is 0 Å². The number of halogens is 1. The highest BCUT2D eigenvalue weighted by Gasteiger charge is 2.05. The Morgan fingerprint density at radius 1 is 1.35 bits per heavy atom. The molecule has 1 aromatic heterocycles. The van der Waals surface area contributed by atoms with Crippen LogP contribution in [0.3, 0.4) is 0 Å². The van der Waals surface area contributed by atoms with Crippen molar-refractivity contribution >= 4 is 11.6 Å². The van der Waals surface area contributed by atoms with E-state index in [0.717, 1.165) is 0 Å². The molecule has 0 fully saturated rings. The van der Waals surface area contributed by atoms with Crippen LogP contribution in [0, 0.1) is 12.3 Å². The zero-order valence-electron chi connectivity index (χ0n) is 8.88. The number of hydrogen-bond donors (Lipinski definition) is 0. The number of nitrogens with zero attached hydrogens (tertiary/aromatic N) is 4. The summed E-state index contributed by atoms with van der Waals surface area (Å²) >= 11 is 5.76. The van der Waals surface area contributed by atoms with Crippen LogP contribution in [0.1, 0.15) is 5.82 Å². The maximum atomic E-state index is 5.76. The quantitative estimate of drug-likeness (QED) is 0.771. The molecule has 2 aromatic rings. The summed E-state index contributed by atoms with van der Waals surface area (Å²) in [5.41, 5.74) is 0. The third-order valence-electron chi connectivity index (χ3n) is 2.03. The van der Waals surface area contributed by atoms with Crippen molar-refractivity contribution < 1.29 is 4.74 Å². The van der Waals surface area contributed by atoms with Crippen LogP contribution in [-0.4, -0.2) is 20.2 Å². The lowest BCUT2D eigenvalue weighted by molar-refractivity contribution is 0.288. The number of tetrazole rings is 1. The predicted octanol–water partition coefficient (Wildman–Crippen LogP) is 1.54. The fourth-order valence-corrected chi connectivity index (χ4v) is 1.34. The number of aromatic nitrogens is 4. The SMILES string of the molecule is C#CCn1nnnc1COc1ccc(Cl)cc1. The summed E-state index contributed by atoms with van der Waals surface area (Å²) < 4.78 is 7.01. The van der Waals surface area contributed by atoms with Gasteiger partial charge in [-0.2, -0.15) is 0 Å². The van der Waals surface area contributed by atoms with E-state index >= 15 is 0 Å². The summed E-state index contributed by atoms with van der Waals surface area (Å²) in [4.78, 5) is 0. The summed E-state index contributed by atoms with van der Waals surface area (Å²) in [5.74, 6) is 3.74.